The van der Waals surface area contributed by atoms with Crippen LogP contribution in [0.1, 0.15) is 25.7 Å². The standard InChI is InChI=1S/C26H11F5N2O2S/c1-33-15(18-19(27)21(29)23(31)22(30)20(18)28)9-16-26(33)32-17(36-16)8-14-24(34)12-6-10-4-2-3-5-11(10)7-13(12)25(14)35/h2-9H,1H3. The van der Waals surface area contributed by atoms with E-state index in [9.17, 15) is 31.5 Å². The summed E-state index contributed by atoms with van der Waals surface area (Å²) in [7, 11) is 1.36. The molecule has 6 rings (SSSR count). The highest BCUT2D eigenvalue weighted by molar-refractivity contribution is 7.19. The van der Waals surface area contributed by atoms with Crippen molar-refractivity contribution in [2.24, 2.45) is 7.05 Å². The Morgan fingerprint density at radius 2 is 1.33 bits per heavy atom. The quantitative estimate of drug-likeness (QED) is 0.0883. The Morgan fingerprint density at radius 3 is 1.86 bits per heavy atom. The van der Waals surface area contributed by atoms with Crippen molar-refractivity contribution >= 4 is 50.1 Å². The minimum Gasteiger partial charge on any atom is -0.327 e. The fourth-order valence-corrected chi connectivity index (χ4v) is 5.38. The van der Waals surface area contributed by atoms with Gasteiger partial charge in [-0.05, 0) is 35.0 Å². The van der Waals surface area contributed by atoms with Gasteiger partial charge in [-0.25, -0.2) is 26.9 Å². The van der Waals surface area contributed by atoms with Crippen LogP contribution < -0.4 is 0 Å². The minimum atomic E-state index is -2.24. The molecule has 0 spiro atoms. The molecule has 0 bridgehead atoms. The van der Waals surface area contributed by atoms with Crippen LogP contribution in [0.3, 0.4) is 0 Å². The van der Waals surface area contributed by atoms with E-state index in [1.54, 1.807) is 12.1 Å². The van der Waals surface area contributed by atoms with E-state index in [4.69, 9.17) is 0 Å². The molecule has 0 saturated carbocycles. The number of carbonyl (C=O) groups excluding carboxylic acids is 2. The van der Waals surface area contributed by atoms with Crippen LogP contribution in [0.5, 0.6) is 0 Å². The summed E-state index contributed by atoms with van der Waals surface area (Å²) in [6.07, 6.45) is 1.35. The molecule has 178 valence electrons. The fraction of sp³-hybridized carbons (Fsp3) is 0.0385. The van der Waals surface area contributed by atoms with E-state index < -0.39 is 46.2 Å². The molecule has 36 heavy (non-hydrogen) atoms. The zero-order valence-electron chi connectivity index (χ0n) is 18.1. The Hall–Kier alpha value is -4.18. The lowest BCUT2D eigenvalue weighted by atomic mass is 10.0. The molecule has 10 heteroatoms. The first kappa shape index (κ1) is 22.3. The number of benzene rings is 3. The number of halogens is 5. The van der Waals surface area contributed by atoms with Crippen molar-refractivity contribution in [2.45, 2.75) is 0 Å². The molecular formula is C26H11F5N2O2S. The molecule has 2 aromatic heterocycles. The monoisotopic (exact) mass is 510 g/mol. The summed E-state index contributed by atoms with van der Waals surface area (Å²) in [5.74, 6) is -11.1. The maximum atomic E-state index is 14.3. The number of fused-ring (bicyclic) bond motifs is 3. The first-order valence-electron chi connectivity index (χ1n) is 10.5. The summed E-state index contributed by atoms with van der Waals surface area (Å²) in [5.41, 5.74) is -0.629. The minimum absolute atomic E-state index is 0.0700. The van der Waals surface area contributed by atoms with E-state index >= 15 is 0 Å². The van der Waals surface area contributed by atoms with E-state index in [-0.39, 0.29) is 21.9 Å². The average Bonchev–Trinajstić information content (AvgIpc) is 3.48. The number of carbonyl (C=O) groups is 2. The highest BCUT2D eigenvalue weighted by Crippen LogP contribution is 2.37. The van der Waals surface area contributed by atoms with E-state index in [2.05, 4.69) is 4.98 Å². The Balaban J connectivity index is 1.43. The molecule has 0 aliphatic heterocycles. The van der Waals surface area contributed by atoms with Crippen molar-refractivity contribution in [3.8, 4) is 11.3 Å². The molecular weight excluding hydrogens is 499 g/mol. The lowest BCUT2D eigenvalue weighted by Gasteiger charge is -2.09. The van der Waals surface area contributed by atoms with Gasteiger partial charge in [0.25, 0.3) is 0 Å². The smallest absolute Gasteiger partial charge is 0.200 e. The second-order valence-corrected chi connectivity index (χ2v) is 9.30. The summed E-state index contributed by atoms with van der Waals surface area (Å²) in [5, 5.41) is 1.91. The first-order valence-corrected chi connectivity index (χ1v) is 11.3. The zero-order chi connectivity index (χ0) is 25.5. The molecule has 1 aliphatic carbocycles. The molecule has 0 saturated heterocycles. The van der Waals surface area contributed by atoms with Gasteiger partial charge in [0.1, 0.15) is 5.01 Å². The first-order chi connectivity index (χ1) is 17.2. The molecule has 0 amide bonds. The summed E-state index contributed by atoms with van der Waals surface area (Å²) in [4.78, 5) is 30.3. The van der Waals surface area contributed by atoms with E-state index in [0.29, 0.717) is 15.8 Å². The Labute approximate surface area is 202 Å². The van der Waals surface area contributed by atoms with Gasteiger partial charge in [0.2, 0.25) is 5.82 Å². The van der Waals surface area contributed by atoms with E-state index in [1.165, 1.54) is 23.8 Å². The van der Waals surface area contributed by atoms with Crippen molar-refractivity contribution in [1.29, 1.82) is 0 Å². The third kappa shape index (κ3) is 3.00. The van der Waals surface area contributed by atoms with Crippen LogP contribution in [0.4, 0.5) is 22.0 Å². The van der Waals surface area contributed by atoms with Crippen molar-refractivity contribution in [1.82, 2.24) is 9.55 Å². The Morgan fingerprint density at radius 1 is 0.806 bits per heavy atom. The predicted molar refractivity (Wildman–Crippen MR) is 124 cm³/mol. The molecule has 0 unspecified atom stereocenters. The number of thiazole rings is 1. The molecule has 5 aromatic rings. The number of Topliss-reactive ketones (excluding diaryl/α,β-unsaturated/α-hetero) is 2. The second kappa shape index (κ2) is 7.66. The number of aryl methyl sites for hydroxylation is 1. The average molecular weight is 510 g/mol. The Bertz CT molecular complexity index is 1770. The van der Waals surface area contributed by atoms with E-state index in [1.807, 2.05) is 24.3 Å². The molecule has 3 aromatic carbocycles. The van der Waals surface area contributed by atoms with Crippen LogP contribution in [0.2, 0.25) is 0 Å². The number of hydrogen-bond acceptors (Lipinski definition) is 4. The fourth-order valence-electron chi connectivity index (χ4n) is 4.41. The van der Waals surface area contributed by atoms with Crippen molar-refractivity contribution in [3.05, 3.63) is 93.3 Å². The van der Waals surface area contributed by atoms with Crippen LogP contribution in [-0.2, 0) is 7.05 Å². The van der Waals surface area contributed by atoms with Crippen molar-refractivity contribution in [2.75, 3.05) is 0 Å². The van der Waals surface area contributed by atoms with Crippen LogP contribution in [0.25, 0.3) is 38.5 Å². The Kier molecular flexibility index (Phi) is 4.74. The van der Waals surface area contributed by atoms with Gasteiger partial charge in [-0.1, -0.05) is 24.3 Å². The summed E-state index contributed by atoms with van der Waals surface area (Å²) >= 11 is 1.00. The maximum Gasteiger partial charge on any atom is 0.200 e. The lowest BCUT2D eigenvalue weighted by molar-refractivity contribution is 0.0990. The topological polar surface area (TPSA) is 52.0 Å². The van der Waals surface area contributed by atoms with Gasteiger partial charge in [-0.15, -0.1) is 11.3 Å². The third-order valence-electron chi connectivity index (χ3n) is 6.20. The molecule has 0 radical (unpaired) electrons. The van der Waals surface area contributed by atoms with Crippen LogP contribution in [-0.4, -0.2) is 21.1 Å². The highest BCUT2D eigenvalue weighted by Gasteiger charge is 2.34. The summed E-state index contributed by atoms with van der Waals surface area (Å²) in [6.45, 7) is 0. The number of rotatable bonds is 2. The zero-order valence-corrected chi connectivity index (χ0v) is 18.9. The number of hydrogen-bond donors (Lipinski definition) is 0. The molecule has 0 atom stereocenters. The third-order valence-corrected chi connectivity index (χ3v) is 7.13. The molecule has 1 aliphatic rings. The molecule has 2 heterocycles. The van der Waals surface area contributed by atoms with Gasteiger partial charge < -0.3 is 4.57 Å². The SMILES string of the molecule is Cn1c(-c2c(F)c(F)c(F)c(F)c2F)cc2sc(C=C3C(=O)c4cc5ccccc5cc4C3=O)nc21. The number of aromatic nitrogens is 2. The second-order valence-electron chi connectivity index (χ2n) is 8.23. The van der Waals surface area contributed by atoms with Gasteiger partial charge in [-0.3, -0.25) is 9.59 Å². The van der Waals surface area contributed by atoms with Gasteiger partial charge in [-0.2, -0.15) is 0 Å². The number of nitrogens with zero attached hydrogens (tertiary/aromatic N) is 2. The molecule has 4 nitrogen and oxygen atoms in total. The van der Waals surface area contributed by atoms with E-state index in [0.717, 1.165) is 22.1 Å². The largest absolute Gasteiger partial charge is 0.327 e. The highest BCUT2D eigenvalue weighted by atomic mass is 32.1. The van der Waals surface area contributed by atoms with Gasteiger partial charge in [0.15, 0.2) is 40.5 Å². The summed E-state index contributed by atoms with van der Waals surface area (Å²) in [6, 6.07) is 11.9. The number of allylic oxidation sites excluding steroid dienone is 1. The molecule has 0 N–H and O–H groups in total. The van der Waals surface area contributed by atoms with Crippen LogP contribution in [0, 0.1) is 29.1 Å². The summed E-state index contributed by atoms with van der Waals surface area (Å²) < 4.78 is 71.1. The molecule has 0 fully saturated rings. The van der Waals surface area contributed by atoms with Crippen LogP contribution in [0.15, 0.2) is 48.0 Å². The van der Waals surface area contributed by atoms with Crippen LogP contribution >= 0.6 is 11.3 Å². The predicted octanol–water partition coefficient (Wildman–Crippen LogP) is 6.61. The van der Waals surface area contributed by atoms with Crippen molar-refractivity contribution in [3.63, 3.8) is 0 Å². The normalized spacial score (nSPS) is 13.3. The van der Waals surface area contributed by atoms with Crippen molar-refractivity contribution < 1.29 is 31.5 Å². The van der Waals surface area contributed by atoms with Gasteiger partial charge in [0.05, 0.1) is 21.5 Å². The maximum absolute atomic E-state index is 14.3. The van der Waals surface area contributed by atoms with Gasteiger partial charge in [0, 0.05) is 18.2 Å². The number of ketones is 2. The van der Waals surface area contributed by atoms with Gasteiger partial charge >= 0.3 is 0 Å². The lowest BCUT2D eigenvalue weighted by Crippen LogP contribution is -2.06.